The lowest BCUT2D eigenvalue weighted by atomic mass is 9.82. The van der Waals surface area contributed by atoms with E-state index in [9.17, 15) is 13.6 Å². The second-order valence-corrected chi connectivity index (χ2v) is 3.93. The summed E-state index contributed by atoms with van der Waals surface area (Å²) in [6, 6.07) is -0.626. The number of aliphatic hydroxyl groups is 1. The molecule has 3 N–H and O–H groups in total. The molecule has 0 aromatic heterocycles. The number of alkyl halides is 2. The molecule has 0 aromatic carbocycles. The Labute approximate surface area is 86.3 Å². The van der Waals surface area contributed by atoms with Gasteiger partial charge in [0.2, 0.25) is 5.92 Å². The summed E-state index contributed by atoms with van der Waals surface area (Å²) in [6.45, 7) is -0.345. The Kier molecular flexibility index (Phi) is 3.84. The van der Waals surface area contributed by atoms with E-state index in [4.69, 9.17) is 10.2 Å². The Hall–Kier alpha value is -0.910. The van der Waals surface area contributed by atoms with E-state index in [0.29, 0.717) is 0 Å². The standard InChI is InChI=1S/C9H15F2NO3/c10-9(11)3-1-6(2-4-9)7(5-13)12-8(14)15/h6-7,12-13H,1-5H2,(H,14,15). The maximum atomic E-state index is 12.8. The summed E-state index contributed by atoms with van der Waals surface area (Å²) >= 11 is 0. The molecule has 1 rings (SSSR count). The van der Waals surface area contributed by atoms with Crippen LogP contribution >= 0.6 is 0 Å². The largest absolute Gasteiger partial charge is 0.465 e. The van der Waals surface area contributed by atoms with E-state index in [-0.39, 0.29) is 38.2 Å². The minimum atomic E-state index is -2.63. The molecule has 0 bridgehead atoms. The Morgan fingerprint density at radius 1 is 1.47 bits per heavy atom. The molecule has 1 aliphatic carbocycles. The number of carbonyl (C=O) groups is 1. The molecule has 0 radical (unpaired) electrons. The quantitative estimate of drug-likeness (QED) is 0.678. The molecule has 4 nitrogen and oxygen atoms in total. The van der Waals surface area contributed by atoms with E-state index in [0.717, 1.165) is 0 Å². The van der Waals surface area contributed by atoms with E-state index in [1.165, 1.54) is 0 Å². The van der Waals surface area contributed by atoms with Gasteiger partial charge in [-0.1, -0.05) is 0 Å². The second-order valence-electron chi connectivity index (χ2n) is 3.93. The summed E-state index contributed by atoms with van der Waals surface area (Å²) in [5.74, 6) is -2.81. The average Bonchev–Trinajstić information content (AvgIpc) is 2.14. The lowest BCUT2D eigenvalue weighted by Gasteiger charge is -2.32. The van der Waals surface area contributed by atoms with Crippen LogP contribution < -0.4 is 5.32 Å². The first kappa shape index (κ1) is 12.2. The molecule has 1 atom stereocenters. The summed E-state index contributed by atoms with van der Waals surface area (Å²) in [5, 5.41) is 19.6. The first-order chi connectivity index (χ1) is 6.94. The average molecular weight is 223 g/mol. The molecule has 1 fully saturated rings. The molecule has 0 aliphatic heterocycles. The van der Waals surface area contributed by atoms with Gasteiger partial charge in [0.15, 0.2) is 0 Å². The van der Waals surface area contributed by atoms with Crippen molar-refractivity contribution in [2.24, 2.45) is 5.92 Å². The van der Waals surface area contributed by atoms with Gasteiger partial charge in [0.1, 0.15) is 0 Å². The van der Waals surface area contributed by atoms with Crippen molar-refractivity contribution in [3.05, 3.63) is 0 Å². The molecule has 1 saturated carbocycles. The molecule has 88 valence electrons. The van der Waals surface area contributed by atoms with Gasteiger partial charge in [-0.25, -0.2) is 13.6 Å². The molecule has 0 saturated heterocycles. The van der Waals surface area contributed by atoms with Crippen molar-refractivity contribution in [3.63, 3.8) is 0 Å². The van der Waals surface area contributed by atoms with Crippen molar-refractivity contribution in [3.8, 4) is 0 Å². The van der Waals surface area contributed by atoms with Crippen molar-refractivity contribution in [2.75, 3.05) is 6.61 Å². The van der Waals surface area contributed by atoms with Crippen molar-refractivity contribution in [1.82, 2.24) is 5.32 Å². The molecule has 0 heterocycles. The Balaban J connectivity index is 2.46. The number of aliphatic hydroxyl groups excluding tert-OH is 1. The highest BCUT2D eigenvalue weighted by Gasteiger charge is 2.37. The van der Waals surface area contributed by atoms with Gasteiger partial charge in [-0.3, -0.25) is 0 Å². The van der Waals surface area contributed by atoms with Crippen molar-refractivity contribution >= 4 is 6.09 Å². The van der Waals surface area contributed by atoms with Crippen LogP contribution in [0.5, 0.6) is 0 Å². The van der Waals surface area contributed by atoms with Gasteiger partial charge in [-0.05, 0) is 18.8 Å². The van der Waals surface area contributed by atoms with Gasteiger partial charge in [-0.15, -0.1) is 0 Å². The Morgan fingerprint density at radius 3 is 2.40 bits per heavy atom. The molecule has 0 spiro atoms. The molecule has 0 aromatic rings. The highest BCUT2D eigenvalue weighted by molar-refractivity contribution is 5.64. The lowest BCUT2D eigenvalue weighted by Crippen LogP contribution is -2.44. The van der Waals surface area contributed by atoms with Crippen LogP contribution in [-0.4, -0.2) is 34.9 Å². The van der Waals surface area contributed by atoms with Crippen LogP contribution in [0.3, 0.4) is 0 Å². The van der Waals surface area contributed by atoms with E-state index in [1.807, 2.05) is 0 Å². The third-order valence-electron chi connectivity index (χ3n) is 2.84. The molecule has 6 heteroatoms. The number of rotatable bonds is 3. The van der Waals surface area contributed by atoms with E-state index < -0.39 is 18.1 Å². The summed E-state index contributed by atoms with van der Waals surface area (Å²) in [7, 11) is 0. The van der Waals surface area contributed by atoms with Gasteiger partial charge in [0, 0.05) is 12.8 Å². The summed E-state index contributed by atoms with van der Waals surface area (Å²) in [5.41, 5.74) is 0. The van der Waals surface area contributed by atoms with Crippen LogP contribution in [-0.2, 0) is 0 Å². The van der Waals surface area contributed by atoms with Gasteiger partial charge in [0.25, 0.3) is 0 Å². The maximum Gasteiger partial charge on any atom is 0.404 e. The SMILES string of the molecule is O=C(O)NC(CO)C1CCC(F)(F)CC1. The first-order valence-corrected chi connectivity index (χ1v) is 4.93. The highest BCUT2D eigenvalue weighted by Crippen LogP contribution is 2.37. The molecule has 1 amide bonds. The fourth-order valence-corrected chi connectivity index (χ4v) is 1.94. The van der Waals surface area contributed by atoms with Gasteiger partial charge in [-0.2, -0.15) is 0 Å². The highest BCUT2D eigenvalue weighted by atomic mass is 19.3. The zero-order valence-electron chi connectivity index (χ0n) is 8.25. The second kappa shape index (κ2) is 4.74. The van der Waals surface area contributed by atoms with Crippen molar-refractivity contribution in [2.45, 2.75) is 37.6 Å². The first-order valence-electron chi connectivity index (χ1n) is 4.93. The zero-order valence-corrected chi connectivity index (χ0v) is 8.25. The Bertz CT molecular complexity index is 225. The molecule has 1 unspecified atom stereocenters. The third-order valence-corrected chi connectivity index (χ3v) is 2.84. The van der Waals surface area contributed by atoms with Crippen LogP contribution in [0.25, 0.3) is 0 Å². The topological polar surface area (TPSA) is 69.6 Å². The van der Waals surface area contributed by atoms with E-state index >= 15 is 0 Å². The van der Waals surface area contributed by atoms with Gasteiger partial charge < -0.3 is 15.5 Å². The number of carboxylic acid groups (broad SMARTS) is 1. The van der Waals surface area contributed by atoms with E-state index in [2.05, 4.69) is 5.32 Å². The number of amides is 1. The number of hydrogen-bond acceptors (Lipinski definition) is 2. The molecule has 15 heavy (non-hydrogen) atoms. The normalized spacial score (nSPS) is 23.4. The number of nitrogens with one attached hydrogen (secondary N) is 1. The van der Waals surface area contributed by atoms with Gasteiger partial charge in [0.05, 0.1) is 12.6 Å². The fourth-order valence-electron chi connectivity index (χ4n) is 1.94. The predicted octanol–water partition coefficient (Wildman–Crippen LogP) is 1.44. The fraction of sp³-hybridized carbons (Fsp3) is 0.889. The lowest BCUT2D eigenvalue weighted by molar-refractivity contribution is -0.0512. The monoisotopic (exact) mass is 223 g/mol. The number of halogens is 2. The van der Waals surface area contributed by atoms with Crippen LogP contribution in [0.4, 0.5) is 13.6 Å². The number of hydrogen-bond donors (Lipinski definition) is 3. The molecular formula is C9H15F2NO3. The van der Waals surface area contributed by atoms with E-state index in [1.54, 1.807) is 0 Å². The third kappa shape index (κ3) is 3.62. The predicted molar refractivity (Wildman–Crippen MR) is 48.9 cm³/mol. The van der Waals surface area contributed by atoms with Crippen molar-refractivity contribution < 1.29 is 23.8 Å². The molecule has 1 aliphatic rings. The van der Waals surface area contributed by atoms with Crippen LogP contribution in [0.1, 0.15) is 25.7 Å². The summed E-state index contributed by atoms with van der Waals surface area (Å²) < 4.78 is 25.6. The molecular weight excluding hydrogens is 208 g/mol. The smallest absolute Gasteiger partial charge is 0.404 e. The minimum Gasteiger partial charge on any atom is -0.465 e. The summed E-state index contributed by atoms with van der Waals surface area (Å²) in [4.78, 5) is 10.4. The Morgan fingerprint density at radius 2 is 2.00 bits per heavy atom. The van der Waals surface area contributed by atoms with Crippen LogP contribution in [0.15, 0.2) is 0 Å². The van der Waals surface area contributed by atoms with Gasteiger partial charge >= 0.3 is 6.09 Å². The van der Waals surface area contributed by atoms with Crippen LogP contribution in [0, 0.1) is 5.92 Å². The zero-order chi connectivity index (χ0) is 11.5. The minimum absolute atomic E-state index is 0.189. The van der Waals surface area contributed by atoms with Crippen molar-refractivity contribution in [1.29, 1.82) is 0 Å². The summed E-state index contributed by atoms with van der Waals surface area (Å²) in [6.07, 6.45) is -1.19. The maximum absolute atomic E-state index is 12.8. The van der Waals surface area contributed by atoms with Crippen LogP contribution in [0.2, 0.25) is 0 Å².